The second-order valence-electron chi connectivity index (χ2n) is 4.33. The summed E-state index contributed by atoms with van der Waals surface area (Å²) in [6.45, 7) is 1.89. The number of anilines is 1. The van der Waals surface area contributed by atoms with Crippen LogP contribution in [0.5, 0.6) is 0 Å². The van der Waals surface area contributed by atoms with Gasteiger partial charge >= 0.3 is 0 Å². The molecule has 0 heterocycles. The molecule has 0 aliphatic heterocycles. The fourth-order valence-corrected chi connectivity index (χ4v) is 2.04. The molecule has 2 nitrogen and oxygen atoms in total. The highest BCUT2D eigenvalue weighted by Gasteiger charge is 2.02. The fraction of sp³-hybridized carbons (Fsp3) is 0.0625. The summed E-state index contributed by atoms with van der Waals surface area (Å²) in [5.74, 6) is -0.189. The Morgan fingerprint density at radius 3 is 2.35 bits per heavy atom. The van der Waals surface area contributed by atoms with Crippen LogP contribution in [0, 0.1) is 6.92 Å². The molecule has 2 aromatic carbocycles. The fourth-order valence-electron chi connectivity index (χ4n) is 1.69. The van der Waals surface area contributed by atoms with Crippen LogP contribution in [0.4, 0.5) is 5.69 Å². The summed E-state index contributed by atoms with van der Waals surface area (Å²) in [5, 5.41) is 4.13. The number of aryl methyl sites for hydroxylation is 1. The van der Waals surface area contributed by atoms with Gasteiger partial charge in [0.25, 0.3) is 0 Å². The smallest absolute Gasteiger partial charge is 0.248 e. The van der Waals surface area contributed by atoms with Gasteiger partial charge in [0.2, 0.25) is 5.91 Å². The standard InChI is InChI=1S/C16H13Cl2NO/c1-11-10-14(18)7-8-15(11)19-16(20)9-4-12-2-5-13(17)6-3-12/h2-10H,1H3,(H,19,20). The maximum atomic E-state index is 11.8. The molecule has 1 amide bonds. The molecular weight excluding hydrogens is 293 g/mol. The van der Waals surface area contributed by atoms with Gasteiger partial charge in [-0.2, -0.15) is 0 Å². The van der Waals surface area contributed by atoms with Crippen LogP contribution in [0.25, 0.3) is 6.08 Å². The van der Waals surface area contributed by atoms with E-state index in [9.17, 15) is 4.79 Å². The van der Waals surface area contributed by atoms with E-state index < -0.39 is 0 Å². The molecule has 0 saturated carbocycles. The highest BCUT2D eigenvalue weighted by atomic mass is 35.5. The largest absolute Gasteiger partial charge is 0.322 e. The Labute approximate surface area is 128 Å². The van der Waals surface area contributed by atoms with E-state index in [0.29, 0.717) is 10.0 Å². The molecule has 2 aromatic rings. The van der Waals surface area contributed by atoms with Crippen molar-refractivity contribution in [3.05, 3.63) is 69.7 Å². The van der Waals surface area contributed by atoms with Gasteiger partial charge in [-0.1, -0.05) is 35.3 Å². The Kier molecular flexibility index (Phi) is 4.83. The van der Waals surface area contributed by atoms with Crippen molar-refractivity contribution in [2.75, 3.05) is 5.32 Å². The van der Waals surface area contributed by atoms with Gasteiger partial charge in [-0.25, -0.2) is 0 Å². The molecule has 0 fully saturated rings. The lowest BCUT2D eigenvalue weighted by Gasteiger charge is -2.06. The molecule has 0 unspecified atom stereocenters. The molecule has 0 radical (unpaired) electrons. The molecule has 0 spiro atoms. The number of amides is 1. The molecular formula is C16H13Cl2NO. The third kappa shape index (κ3) is 4.12. The van der Waals surface area contributed by atoms with Gasteiger partial charge in [0.1, 0.15) is 0 Å². The van der Waals surface area contributed by atoms with Crippen molar-refractivity contribution in [3.8, 4) is 0 Å². The lowest BCUT2D eigenvalue weighted by Crippen LogP contribution is -2.08. The van der Waals surface area contributed by atoms with Crippen molar-refractivity contribution < 1.29 is 4.79 Å². The summed E-state index contributed by atoms with van der Waals surface area (Å²) in [4.78, 5) is 11.8. The molecule has 2 rings (SSSR count). The van der Waals surface area contributed by atoms with E-state index in [1.807, 2.05) is 19.1 Å². The van der Waals surface area contributed by atoms with Crippen LogP contribution in [0.2, 0.25) is 10.0 Å². The number of halogens is 2. The van der Waals surface area contributed by atoms with Crippen molar-refractivity contribution in [2.45, 2.75) is 6.92 Å². The monoisotopic (exact) mass is 305 g/mol. The van der Waals surface area contributed by atoms with Gasteiger partial charge in [-0.05, 0) is 54.5 Å². The van der Waals surface area contributed by atoms with Gasteiger partial charge < -0.3 is 5.32 Å². The lowest BCUT2D eigenvalue weighted by atomic mass is 10.2. The van der Waals surface area contributed by atoms with Crippen molar-refractivity contribution in [3.63, 3.8) is 0 Å². The van der Waals surface area contributed by atoms with E-state index in [2.05, 4.69) is 5.32 Å². The van der Waals surface area contributed by atoms with E-state index in [1.165, 1.54) is 6.08 Å². The first-order valence-electron chi connectivity index (χ1n) is 6.05. The minimum atomic E-state index is -0.189. The number of carbonyl (C=O) groups is 1. The summed E-state index contributed by atoms with van der Waals surface area (Å²) in [7, 11) is 0. The summed E-state index contributed by atoms with van der Waals surface area (Å²) in [6, 6.07) is 12.6. The minimum absolute atomic E-state index is 0.189. The zero-order valence-electron chi connectivity index (χ0n) is 10.9. The van der Waals surface area contributed by atoms with Crippen LogP contribution in [0.3, 0.4) is 0 Å². The van der Waals surface area contributed by atoms with Gasteiger partial charge in [0.05, 0.1) is 0 Å². The lowest BCUT2D eigenvalue weighted by molar-refractivity contribution is -0.111. The van der Waals surface area contributed by atoms with E-state index in [1.54, 1.807) is 36.4 Å². The third-order valence-electron chi connectivity index (χ3n) is 2.74. The second-order valence-corrected chi connectivity index (χ2v) is 5.21. The molecule has 0 aliphatic carbocycles. The normalized spacial score (nSPS) is 10.8. The molecule has 0 atom stereocenters. The Hall–Kier alpha value is -1.77. The van der Waals surface area contributed by atoms with Gasteiger partial charge in [0.15, 0.2) is 0 Å². The van der Waals surface area contributed by atoms with Crippen molar-refractivity contribution in [1.82, 2.24) is 0 Å². The number of rotatable bonds is 3. The average Bonchev–Trinajstić information content (AvgIpc) is 2.41. The van der Waals surface area contributed by atoms with Gasteiger partial charge in [-0.3, -0.25) is 4.79 Å². The van der Waals surface area contributed by atoms with E-state index in [4.69, 9.17) is 23.2 Å². The average molecular weight is 306 g/mol. The molecule has 20 heavy (non-hydrogen) atoms. The highest BCUT2D eigenvalue weighted by Crippen LogP contribution is 2.19. The van der Waals surface area contributed by atoms with E-state index in [-0.39, 0.29) is 5.91 Å². The Bertz CT molecular complexity index is 648. The van der Waals surface area contributed by atoms with Crippen molar-refractivity contribution in [1.29, 1.82) is 0 Å². The zero-order valence-corrected chi connectivity index (χ0v) is 12.4. The Morgan fingerprint density at radius 2 is 1.70 bits per heavy atom. The van der Waals surface area contributed by atoms with Crippen LogP contribution in [0.15, 0.2) is 48.5 Å². The van der Waals surface area contributed by atoms with Crippen LogP contribution >= 0.6 is 23.2 Å². The summed E-state index contributed by atoms with van der Waals surface area (Å²) >= 11 is 11.7. The first-order chi connectivity index (χ1) is 9.54. The van der Waals surface area contributed by atoms with Crippen LogP contribution in [-0.2, 0) is 4.79 Å². The van der Waals surface area contributed by atoms with E-state index >= 15 is 0 Å². The third-order valence-corrected chi connectivity index (χ3v) is 3.23. The summed E-state index contributed by atoms with van der Waals surface area (Å²) in [6.07, 6.45) is 3.22. The quantitative estimate of drug-likeness (QED) is 0.798. The van der Waals surface area contributed by atoms with Crippen LogP contribution in [-0.4, -0.2) is 5.91 Å². The number of hydrogen-bond acceptors (Lipinski definition) is 1. The number of hydrogen-bond donors (Lipinski definition) is 1. The predicted octanol–water partition coefficient (Wildman–Crippen LogP) is 4.95. The number of carbonyl (C=O) groups excluding carboxylic acids is 1. The number of benzene rings is 2. The van der Waals surface area contributed by atoms with E-state index in [0.717, 1.165) is 16.8 Å². The molecule has 0 aliphatic rings. The van der Waals surface area contributed by atoms with Crippen LogP contribution in [0.1, 0.15) is 11.1 Å². The first-order valence-corrected chi connectivity index (χ1v) is 6.81. The maximum Gasteiger partial charge on any atom is 0.248 e. The summed E-state index contributed by atoms with van der Waals surface area (Å²) in [5.41, 5.74) is 2.59. The summed E-state index contributed by atoms with van der Waals surface area (Å²) < 4.78 is 0. The maximum absolute atomic E-state index is 11.8. The first kappa shape index (κ1) is 14.6. The minimum Gasteiger partial charge on any atom is -0.322 e. The number of nitrogens with one attached hydrogen (secondary N) is 1. The second kappa shape index (κ2) is 6.60. The SMILES string of the molecule is Cc1cc(Cl)ccc1NC(=O)C=Cc1ccc(Cl)cc1. The van der Waals surface area contributed by atoms with Crippen LogP contribution < -0.4 is 5.32 Å². The van der Waals surface area contributed by atoms with Gasteiger partial charge in [0, 0.05) is 21.8 Å². The molecule has 0 saturated heterocycles. The molecule has 0 aromatic heterocycles. The molecule has 4 heteroatoms. The molecule has 1 N–H and O–H groups in total. The topological polar surface area (TPSA) is 29.1 Å². The Balaban J connectivity index is 2.03. The van der Waals surface area contributed by atoms with Crippen molar-refractivity contribution >= 4 is 40.9 Å². The van der Waals surface area contributed by atoms with Gasteiger partial charge in [-0.15, -0.1) is 0 Å². The zero-order chi connectivity index (χ0) is 14.5. The van der Waals surface area contributed by atoms with Crippen molar-refractivity contribution in [2.24, 2.45) is 0 Å². The highest BCUT2D eigenvalue weighted by molar-refractivity contribution is 6.31. The molecule has 0 bridgehead atoms. The Morgan fingerprint density at radius 1 is 1.05 bits per heavy atom. The predicted molar refractivity (Wildman–Crippen MR) is 85.3 cm³/mol. The molecule has 102 valence electrons.